The van der Waals surface area contributed by atoms with E-state index >= 15 is 0 Å². The molecule has 0 bridgehead atoms. The van der Waals surface area contributed by atoms with Crippen LogP contribution in [0.2, 0.25) is 0 Å². The fourth-order valence-electron chi connectivity index (χ4n) is 10.0. The number of nitrogens with zero attached hydrogens (tertiary/aromatic N) is 1. The van der Waals surface area contributed by atoms with Crippen LogP contribution in [0.1, 0.15) is 22.3 Å². The molecule has 12 rings (SSSR count). The summed E-state index contributed by atoms with van der Waals surface area (Å²) in [6.07, 6.45) is 0. The predicted molar refractivity (Wildman–Crippen MR) is 246 cm³/mol. The first-order chi connectivity index (χ1) is 29.3. The summed E-state index contributed by atoms with van der Waals surface area (Å²) in [5.41, 5.74) is 14.2. The summed E-state index contributed by atoms with van der Waals surface area (Å²) in [7, 11) is 0. The molecule has 0 aliphatic heterocycles. The van der Waals surface area contributed by atoms with Crippen molar-refractivity contribution in [3.8, 4) is 22.3 Å². The van der Waals surface area contributed by atoms with E-state index in [1.807, 2.05) is 0 Å². The van der Waals surface area contributed by atoms with E-state index < -0.39 is 5.41 Å². The highest BCUT2D eigenvalue weighted by Crippen LogP contribution is 2.58. The van der Waals surface area contributed by atoms with Gasteiger partial charge in [0.05, 0.1) is 11.1 Å². The molecule has 1 aliphatic rings. The second kappa shape index (κ2) is 13.2. The van der Waals surface area contributed by atoms with Gasteiger partial charge in [-0.3, -0.25) is 0 Å². The molecule has 1 aliphatic carbocycles. The number of hydrogen-bond acceptors (Lipinski definition) is 2. The Labute approximate surface area is 342 Å². The molecule has 276 valence electrons. The van der Waals surface area contributed by atoms with Gasteiger partial charge in [-0.2, -0.15) is 0 Å². The van der Waals surface area contributed by atoms with Crippen LogP contribution in [0.25, 0.3) is 65.7 Å². The molecule has 11 aromatic rings. The van der Waals surface area contributed by atoms with Crippen molar-refractivity contribution in [3.63, 3.8) is 0 Å². The fraction of sp³-hybridized carbons (Fsp3) is 0.0175. The van der Waals surface area contributed by atoms with Gasteiger partial charge in [-0.15, -0.1) is 0 Å². The average molecular weight is 752 g/mol. The Morgan fingerprint density at radius 1 is 0.339 bits per heavy atom. The van der Waals surface area contributed by atoms with E-state index in [2.05, 4.69) is 229 Å². The molecule has 0 N–H and O–H groups in total. The van der Waals surface area contributed by atoms with Gasteiger partial charge < -0.3 is 9.32 Å². The summed E-state index contributed by atoms with van der Waals surface area (Å²) in [5.74, 6) is 0. The van der Waals surface area contributed by atoms with Gasteiger partial charge in [-0.25, -0.2) is 0 Å². The lowest BCUT2D eigenvalue weighted by atomic mass is 9.66. The zero-order chi connectivity index (χ0) is 38.9. The second-order valence-corrected chi connectivity index (χ2v) is 15.6. The van der Waals surface area contributed by atoms with E-state index in [0.717, 1.165) is 50.1 Å². The molecule has 0 saturated carbocycles. The van der Waals surface area contributed by atoms with Crippen LogP contribution in [-0.2, 0) is 5.41 Å². The van der Waals surface area contributed by atoms with Gasteiger partial charge >= 0.3 is 0 Å². The maximum Gasteiger partial charge on any atom is 0.159 e. The van der Waals surface area contributed by atoms with E-state index in [1.165, 1.54) is 54.9 Å². The van der Waals surface area contributed by atoms with Crippen molar-refractivity contribution >= 4 is 60.5 Å². The molecule has 0 amide bonds. The SMILES string of the molecule is c1ccc(-c2cccc3c2oc2c(N(c4ccccc4)c4ccc(C5(c6cc7ccccc7c7ccccc67)c6ccccc6-c6ccccc65)cc4)cccc23)cc1. The Bertz CT molecular complexity index is 3330. The van der Waals surface area contributed by atoms with Gasteiger partial charge in [-0.1, -0.05) is 188 Å². The second-order valence-electron chi connectivity index (χ2n) is 15.6. The molecule has 0 saturated heterocycles. The fourth-order valence-corrected chi connectivity index (χ4v) is 10.0. The Balaban J connectivity index is 1.10. The number of fused-ring (bicyclic) bond motifs is 9. The zero-order valence-electron chi connectivity index (χ0n) is 32.2. The van der Waals surface area contributed by atoms with Crippen molar-refractivity contribution in [1.29, 1.82) is 0 Å². The monoisotopic (exact) mass is 751 g/mol. The third kappa shape index (κ3) is 4.93. The minimum Gasteiger partial charge on any atom is -0.453 e. The molecule has 0 fully saturated rings. The number of rotatable bonds is 6. The topological polar surface area (TPSA) is 16.4 Å². The Morgan fingerprint density at radius 3 is 1.59 bits per heavy atom. The van der Waals surface area contributed by atoms with E-state index in [0.29, 0.717) is 0 Å². The summed E-state index contributed by atoms with van der Waals surface area (Å²) in [5, 5.41) is 7.24. The van der Waals surface area contributed by atoms with Crippen LogP contribution in [0.5, 0.6) is 0 Å². The lowest BCUT2D eigenvalue weighted by Gasteiger charge is -2.36. The first kappa shape index (κ1) is 33.5. The summed E-state index contributed by atoms with van der Waals surface area (Å²) in [4.78, 5) is 2.34. The van der Waals surface area contributed by atoms with Crippen molar-refractivity contribution in [2.45, 2.75) is 5.41 Å². The third-order valence-corrected chi connectivity index (χ3v) is 12.5. The third-order valence-electron chi connectivity index (χ3n) is 12.5. The highest BCUT2D eigenvalue weighted by molar-refractivity contribution is 6.14. The quantitative estimate of drug-likeness (QED) is 0.157. The van der Waals surface area contributed by atoms with Crippen molar-refractivity contribution < 1.29 is 4.42 Å². The molecule has 1 aromatic heterocycles. The molecule has 0 radical (unpaired) electrons. The van der Waals surface area contributed by atoms with Crippen LogP contribution < -0.4 is 4.90 Å². The number of hydrogen-bond donors (Lipinski definition) is 0. The molecule has 0 unspecified atom stereocenters. The molecule has 59 heavy (non-hydrogen) atoms. The van der Waals surface area contributed by atoms with E-state index in [1.54, 1.807) is 0 Å². The minimum absolute atomic E-state index is 0.570. The highest BCUT2D eigenvalue weighted by Gasteiger charge is 2.47. The van der Waals surface area contributed by atoms with E-state index in [-0.39, 0.29) is 0 Å². The largest absolute Gasteiger partial charge is 0.453 e. The Hall–Kier alpha value is -7.68. The minimum atomic E-state index is -0.570. The summed E-state index contributed by atoms with van der Waals surface area (Å²) < 4.78 is 6.98. The van der Waals surface area contributed by atoms with Crippen LogP contribution >= 0.6 is 0 Å². The molecule has 2 nitrogen and oxygen atoms in total. The van der Waals surface area contributed by atoms with Gasteiger partial charge in [0.25, 0.3) is 0 Å². The molecular weight excluding hydrogens is 715 g/mol. The molecular formula is C57H37NO. The van der Waals surface area contributed by atoms with Crippen molar-refractivity contribution in [3.05, 3.63) is 247 Å². The number of furan rings is 1. The van der Waals surface area contributed by atoms with Crippen LogP contribution in [0.3, 0.4) is 0 Å². The van der Waals surface area contributed by atoms with Crippen LogP contribution in [0.15, 0.2) is 229 Å². The summed E-state index contributed by atoms with van der Waals surface area (Å²) in [6.45, 7) is 0. The Morgan fingerprint density at radius 2 is 0.864 bits per heavy atom. The van der Waals surface area contributed by atoms with Crippen LogP contribution in [0, 0.1) is 0 Å². The molecule has 0 atom stereocenters. The Kier molecular flexibility index (Phi) is 7.48. The number of anilines is 3. The van der Waals surface area contributed by atoms with Gasteiger partial charge in [0.2, 0.25) is 0 Å². The molecule has 10 aromatic carbocycles. The van der Waals surface area contributed by atoms with Crippen molar-refractivity contribution in [2.24, 2.45) is 0 Å². The normalized spacial score (nSPS) is 12.9. The molecule has 0 spiro atoms. The van der Waals surface area contributed by atoms with Gasteiger partial charge in [0.15, 0.2) is 5.58 Å². The van der Waals surface area contributed by atoms with Crippen LogP contribution in [0.4, 0.5) is 17.1 Å². The lowest BCUT2D eigenvalue weighted by Crippen LogP contribution is -2.29. The lowest BCUT2D eigenvalue weighted by molar-refractivity contribution is 0.670. The molecule has 2 heteroatoms. The van der Waals surface area contributed by atoms with E-state index in [4.69, 9.17) is 4.42 Å². The smallest absolute Gasteiger partial charge is 0.159 e. The van der Waals surface area contributed by atoms with E-state index in [9.17, 15) is 0 Å². The van der Waals surface area contributed by atoms with Crippen molar-refractivity contribution in [1.82, 2.24) is 0 Å². The first-order valence-electron chi connectivity index (χ1n) is 20.3. The predicted octanol–water partition coefficient (Wildman–Crippen LogP) is 15.4. The first-order valence-corrected chi connectivity index (χ1v) is 20.3. The zero-order valence-corrected chi connectivity index (χ0v) is 32.2. The maximum atomic E-state index is 6.98. The van der Waals surface area contributed by atoms with Crippen molar-refractivity contribution in [2.75, 3.05) is 4.90 Å². The van der Waals surface area contributed by atoms with Gasteiger partial charge in [-0.05, 0) is 96.9 Å². The standard InChI is InChI=1S/C57H37NO/c1-3-17-38(18-4-1)44-27-15-28-49-50-29-16-32-54(56(50)59-55(44)49)58(41-20-5-2-6-21-41)42-35-33-40(34-36-42)57(51-30-13-11-25-47(51)48-26-12-14-31-52(48)57)53-37-39-19-7-8-22-43(39)45-23-9-10-24-46(45)53/h1-37H. The summed E-state index contributed by atoms with van der Waals surface area (Å²) >= 11 is 0. The van der Waals surface area contributed by atoms with Gasteiger partial charge in [0, 0.05) is 27.7 Å². The summed E-state index contributed by atoms with van der Waals surface area (Å²) in [6, 6.07) is 81.7. The van der Waals surface area contributed by atoms with Crippen LogP contribution in [-0.4, -0.2) is 0 Å². The van der Waals surface area contributed by atoms with Gasteiger partial charge in [0.1, 0.15) is 5.58 Å². The number of benzene rings is 10. The highest BCUT2D eigenvalue weighted by atomic mass is 16.3. The molecule has 1 heterocycles. The number of para-hydroxylation sites is 3. The average Bonchev–Trinajstić information content (AvgIpc) is 3.85. The maximum absolute atomic E-state index is 6.98.